The first-order valence-electron chi connectivity index (χ1n) is 9.01. The van der Waals surface area contributed by atoms with Crippen LogP contribution in [0.3, 0.4) is 0 Å². The summed E-state index contributed by atoms with van der Waals surface area (Å²) in [5.74, 6) is -0.656. The van der Waals surface area contributed by atoms with Gasteiger partial charge in [-0.15, -0.1) is 0 Å². The molecule has 2 rings (SSSR count). The van der Waals surface area contributed by atoms with Gasteiger partial charge in [0.05, 0.1) is 0 Å². The Morgan fingerprint density at radius 1 is 0.893 bits per heavy atom. The monoisotopic (exact) mass is 383 g/mol. The van der Waals surface area contributed by atoms with E-state index < -0.39 is 12.1 Å². The van der Waals surface area contributed by atoms with Gasteiger partial charge in [0.2, 0.25) is 11.8 Å². The van der Waals surface area contributed by atoms with Crippen molar-refractivity contribution in [2.75, 3.05) is 10.6 Å². The maximum atomic E-state index is 12.6. The standard InChI is InChI=1S/C21H25N3O4/c1-14(2)19(24-21(27)28-13-16-7-5-4-6-8-16)20(26)23-18-11-9-17(10-12-18)22-15(3)25/h4-12,14,19H,13H2,1-3H3,(H,22,25)(H,23,26)(H,24,27)/t19-/m0/s1. The van der Waals surface area contributed by atoms with Crippen LogP contribution >= 0.6 is 0 Å². The molecule has 0 aliphatic heterocycles. The maximum absolute atomic E-state index is 12.6. The molecule has 0 bridgehead atoms. The lowest BCUT2D eigenvalue weighted by atomic mass is 10.0. The third-order valence-electron chi connectivity index (χ3n) is 3.91. The van der Waals surface area contributed by atoms with Crippen molar-refractivity contribution in [2.24, 2.45) is 5.92 Å². The zero-order chi connectivity index (χ0) is 20.5. The van der Waals surface area contributed by atoms with E-state index in [2.05, 4.69) is 16.0 Å². The van der Waals surface area contributed by atoms with E-state index in [1.807, 2.05) is 44.2 Å². The number of benzene rings is 2. The molecule has 7 heteroatoms. The Morgan fingerprint density at radius 2 is 1.46 bits per heavy atom. The lowest BCUT2D eigenvalue weighted by Gasteiger charge is -2.21. The van der Waals surface area contributed by atoms with E-state index in [9.17, 15) is 14.4 Å². The number of amides is 3. The Balaban J connectivity index is 1.91. The fourth-order valence-corrected chi connectivity index (χ4v) is 2.49. The van der Waals surface area contributed by atoms with Crippen molar-refractivity contribution in [3.63, 3.8) is 0 Å². The van der Waals surface area contributed by atoms with Crippen molar-refractivity contribution in [1.29, 1.82) is 0 Å². The first-order chi connectivity index (χ1) is 13.3. The summed E-state index contributed by atoms with van der Waals surface area (Å²) >= 11 is 0. The maximum Gasteiger partial charge on any atom is 0.408 e. The molecule has 7 nitrogen and oxygen atoms in total. The average Bonchev–Trinajstić information content (AvgIpc) is 2.66. The molecule has 2 aromatic carbocycles. The summed E-state index contributed by atoms with van der Waals surface area (Å²) in [6.45, 7) is 5.22. The molecule has 0 aliphatic rings. The highest BCUT2D eigenvalue weighted by molar-refractivity contribution is 5.97. The van der Waals surface area contributed by atoms with Gasteiger partial charge < -0.3 is 20.7 Å². The lowest BCUT2D eigenvalue weighted by Crippen LogP contribution is -2.47. The second kappa shape index (κ2) is 10.1. The van der Waals surface area contributed by atoms with E-state index in [0.29, 0.717) is 11.4 Å². The van der Waals surface area contributed by atoms with Gasteiger partial charge in [-0.3, -0.25) is 9.59 Å². The molecule has 3 amide bonds. The Hall–Kier alpha value is -3.35. The van der Waals surface area contributed by atoms with Gasteiger partial charge in [-0.2, -0.15) is 0 Å². The average molecular weight is 383 g/mol. The molecular formula is C21H25N3O4. The van der Waals surface area contributed by atoms with Crippen molar-refractivity contribution >= 4 is 29.3 Å². The van der Waals surface area contributed by atoms with Crippen LogP contribution in [0.2, 0.25) is 0 Å². The molecule has 0 heterocycles. The minimum absolute atomic E-state index is 0.129. The number of carbonyl (C=O) groups is 3. The third-order valence-corrected chi connectivity index (χ3v) is 3.91. The first kappa shape index (κ1) is 21.0. The summed E-state index contributed by atoms with van der Waals surface area (Å²) in [7, 11) is 0. The fraction of sp³-hybridized carbons (Fsp3) is 0.286. The minimum Gasteiger partial charge on any atom is -0.445 e. The van der Waals surface area contributed by atoms with Crippen molar-refractivity contribution < 1.29 is 19.1 Å². The molecule has 148 valence electrons. The molecule has 2 aromatic rings. The summed E-state index contributed by atoms with van der Waals surface area (Å²) in [6, 6.07) is 15.3. The molecule has 0 spiro atoms. The van der Waals surface area contributed by atoms with Crippen LogP contribution in [-0.4, -0.2) is 23.9 Å². The number of ether oxygens (including phenoxy) is 1. The van der Waals surface area contributed by atoms with Gasteiger partial charge in [0.15, 0.2) is 0 Å². The van der Waals surface area contributed by atoms with Crippen molar-refractivity contribution in [3.8, 4) is 0 Å². The summed E-state index contributed by atoms with van der Waals surface area (Å²) in [6.07, 6.45) is -0.654. The Bertz CT molecular complexity index is 804. The van der Waals surface area contributed by atoms with Crippen LogP contribution in [0, 0.1) is 5.92 Å². The summed E-state index contributed by atoms with van der Waals surface area (Å²) < 4.78 is 5.19. The van der Waals surface area contributed by atoms with E-state index >= 15 is 0 Å². The van der Waals surface area contributed by atoms with Gasteiger partial charge >= 0.3 is 6.09 Å². The highest BCUT2D eigenvalue weighted by Crippen LogP contribution is 2.15. The van der Waals surface area contributed by atoms with Crippen molar-refractivity contribution in [3.05, 3.63) is 60.2 Å². The SMILES string of the molecule is CC(=O)Nc1ccc(NC(=O)[C@@H](NC(=O)OCc2ccccc2)C(C)C)cc1. The van der Waals surface area contributed by atoms with Gasteiger partial charge in [0, 0.05) is 18.3 Å². The molecule has 0 unspecified atom stereocenters. The number of hydrogen-bond acceptors (Lipinski definition) is 4. The van der Waals surface area contributed by atoms with Crippen LogP contribution in [-0.2, 0) is 20.9 Å². The number of rotatable bonds is 7. The normalized spacial score (nSPS) is 11.4. The number of anilines is 2. The van der Waals surface area contributed by atoms with E-state index in [-0.39, 0.29) is 24.3 Å². The minimum atomic E-state index is -0.752. The molecule has 0 radical (unpaired) electrons. The smallest absolute Gasteiger partial charge is 0.408 e. The fourth-order valence-electron chi connectivity index (χ4n) is 2.49. The van der Waals surface area contributed by atoms with Crippen LogP contribution in [0.25, 0.3) is 0 Å². The van der Waals surface area contributed by atoms with E-state index in [1.54, 1.807) is 24.3 Å². The lowest BCUT2D eigenvalue weighted by molar-refractivity contribution is -0.119. The predicted molar refractivity (Wildman–Crippen MR) is 108 cm³/mol. The zero-order valence-corrected chi connectivity index (χ0v) is 16.2. The van der Waals surface area contributed by atoms with Gasteiger partial charge in [-0.05, 0) is 35.7 Å². The second-order valence-electron chi connectivity index (χ2n) is 6.68. The van der Waals surface area contributed by atoms with Crippen LogP contribution in [0.4, 0.5) is 16.2 Å². The van der Waals surface area contributed by atoms with E-state index in [4.69, 9.17) is 4.74 Å². The van der Waals surface area contributed by atoms with Crippen LogP contribution in [0.1, 0.15) is 26.3 Å². The van der Waals surface area contributed by atoms with Crippen LogP contribution < -0.4 is 16.0 Å². The van der Waals surface area contributed by atoms with Gasteiger partial charge in [0.1, 0.15) is 12.6 Å². The molecule has 0 saturated carbocycles. The third kappa shape index (κ3) is 6.75. The summed E-state index contributed by atoms with van der Waals surface area (Å²) in [5.41, 5.74) is 2.06. The molecule has 3 N–H and O–H groups in total. The molecule has 0 fully saturated rings. The first-order valence-corrected chi connectivity index (χ1v) is 9.01. The summed E-state index contributed by atoms with van der Waals surface area (Å²) in [4.78, 5) is 35.7. The second-order valence-corrected chi connectivity index (χ2v) is 6.68. The number of nitrogens with one attached hydrogen (secondary N) is 3. The van der Waals surface area contributed by atoms with Crippen molar-refractivity contribution in [2.45, 2.75) is 33.4 Å². The molecule has 1 atom stereocenters. The highest BCUT2D eigenvalue weighted by atomic mass is 16.5. The number of alkyl carbamates (subject to hydrolysis) is 1. The molecule has 0 aliphatic carbocycles. The molecule has 0 aromatic heterocycles. The quantitative estimate of drug-likeness (QED) is 0.681. The topological polar surface area (TPSA) is 96.5 Å². The number of carbonyl (C=O) groups excluding carboxylic acids is 3. The Kier molecular flexibility index (Phi) is 7.56. The van der Waals surface area contributed by atoms with Gasteiger partial charge in [0.25, 0.3) is 0 Å². The zero-order valence-electron chi connectivity index (χ0n) is 16.2. The van der Waals surface area contributed by atoms with Crippen LogP contribution in [0.5, 0.6) is 0 Å². The van der Waals surface area contributed by atoms with Crippen LogP contribution in [0.15, 0.2) is 54.6 Å². The number of hydrogen-bond donors (Lipinski definition) is 3. The van der Waals surface area contributed by atoms with E-state index in [1.165, 1.54) is 6.92 Å². The Labute approximate surface area is 164 Å². The molecular weight excluding hydrogens is 358 g/mol. The van der Waals surface area contributed by atoms with Gasteiger partial charge in [-0.1, -0.05) is 44.2 Å². The van der Waals surface area contributed by atoms with Crippen molar-refractivity contribution in [1.82, 2.24) is 5.32 Å². The predicted octanol–water partition coefficient (Wildman–Crippen LogP) is 3.53. The van der Waals surface area contributed by atoms with Gasteiger partial charge in [-0.25, -0.2) is 4.79 Å². The molecule has 28 heavy (non-hydrogen) atoms. The Morgan fingerprint density at radius 3 is 2.00 bits per heavy atom. The largest absolute Gasteiger partial charge is 0.445 e. The molecule has 0 saturated heterocycles. The van der Waals surface area contributed by atoms with E-state index in [0.717, 1.165) is 5.56 Å². The summed E-state index contributed by atoms with van der Waals surface area (Å²) in [5, 5.41) is 8.03. The highest BCUT2D eigenvalue weighted by Gasteiger charge is 2.25.